The zero-order valence-corrected chi connectivity index (χ0v) is 15.8. The molecule has 0 bridgehead atoms. The van der Waals surface area contributed by atoms with E-state index in [4.69, 9.17) is 9.47 Å². The van der Waals surface area contributed by atoms with Gasteiger partial charge in [0.15, 0.2) is 0 Å². The molecule has 0 heterocycles. The fourth-order valence-electron chi connectivity index (χ4n) is 3.25. The summed E-state index contributed by atoms with van der Waals surface area (Å²) in [5.41, 5.74) is -2.26. The van der Waals surface area contributed by atoms with Gasteiger partial charge in [0.2, 0.25) is 0 Å². The largest absolute Gasteiger partial charge is 0.491 e. The maximum atomic E-state index is 15.2. The van der Waals surface area contributed by atoms with Crippen molar-refractivity contribution in [3.63, 3.8) is 0 Å². The summed E-state index contributed by atoms with van der Waals surface area (Å²) in [4.78, 5) is 0. The van der Waals surface area contributed by atoms with Gasteiger partial charge in [0.05, 0.1) is 12.2 Å². The molecule has 0 atom stereocenters. The molecule has 140 valence electrons. The third kappa shape index (κ3) is 3.56. The molecule has 4 heteroatoms. The minimum Gasteiger partial charge on any atom is -0.491 e. The fourth-order valence-corrected chi connectivity index (χ4v) is 3.25. The molecule has 0 unspecified atom stereocenters. The van der Waals surface area contributed by atoms with Crippen LogP contribution in [0.2, 0.25) is 0 Å². The maximum absolute atomic E-state index is 15.2. The molecule has 3 rings (SSSR count). The Morgan fingerprint density at radius 1 is 0.808 bits per heavy atom. The van der Waals surface area contributed by atoms with Crippen LogP contribution in [0, 0.1) is 0 Å². The van der Waals surface area contributed by atoms with Gasteiger partial charge in [0.1, 0.15) is 22.8 Å². The van der Waals surface area contributed by atoms with Crippen LogP contribution >= 0.6 is 0 Å². The number of aliphatic hydroxyl groups is 1. The van der Waals surface area contributed by atoms with E-state index in [0.717, 1.165) is 0 Å². The topological polar surface area (TPSA) is 38.7 Å². The van der Waals surface area contributed by atoms with Gasteiger partial charge in [-0.15, -0.1) is 0 Å². The summed E-state index contributed by atoms with van der Waals surface area (Å²) in [5.74, 6) is 1.41. The van der Waals surface area contributed by atoms with E-state index >= 15 is 4.39 Å². The Kier molecular flexibility index (Phi) is 4.98. The molecule has 0 spiro atoms. The summed E-state index contributed by atoms with van der Waals surface area (Å²) < 4.78 is 26.5. The van der Waals surface area contributed by atoms with Gasteiger partial charge in [0.25, 0.3) is 0 Å². The van der Waals surface area contributed by atoms with Crippen LogP contribution in [0.1, 0.15) is 51.7 Å². The number of hydrogen-bond acceptors (Lipinski definition) is 3. The maximum Gasteiger partial charge on any atom is 0.148 e. The van der Waals surface area contributed by atoms with Crippen LogP contribution in [-0.4, -0.2) is 23.0 Å². The molecule has 26 heavy (non-hydrogen) atoms. The minimum atomic E-state index is -1.68. The number of halogens is 1. The zero-order chi connectivity index (χ0) is 18.9. The van der Waals surface area contributed by atoms with Crippen LogP contribution in [0.15, 0.2) is 48.5 Å². The summed E-state index contributed by atoms with van der Waals surface area (Å²) in [5, 5.41) is 11.4. The highest BCUT2D eigenvalue weighted by Gasteiger charge is 2.61. The van der Waals surface area contributed by atoms with Gasteiger partial charge in [-0.1, -0.05) is 24.3 Å². The van der Waals surface area contributed by atoms with Crippen molar-refractivity contribution in [2.45, 2.75) is 64.0 Å². The van der Waals surface area contributed by atoms with Crippen molar-refractivity contribution >= 4 is 0 Å². The van der Waals surface area contributed by atoms with Crippen molar-refractivity contribution in [3.8, 4) is 11.5 Å². The Morgan fingerprint density at radius 2 is 1.15 bits per heavy atom. The number of rotatable bonds is 7. The number of ether oxygens (including phenoxy) is 2. The van der Waals surface area contributed by atoms with E-state index in [1.54, 1.807) is 48.5 Å². The Bertz CT molecular complexity index is 677. The first-order valence-corrected chi connectivity index (χ1v) is 9.20. The average Bonchev–Trinajstić information content (AvgIpc) is 3.34. The van der Waals surface area contributed by atoms with Gasteiger partial charge in [-0.3, -0.25) is 0 Å². The van der Waals surface area contributed by atoms with Gasteiger partial charge >= 0.3 is 0 Å². The van der Waals surface area contributed by atoms with Crippen LogP contribution < -0.4 is 9.47 Å². The first-order chi connectivity index (χ1) is 12.2. The molecule has 1 N–H and O–H groups in total. The summed E-state index contributed by atoms with van der Waals surface area (Å²) >= 11 is 0. The van der Waals surface area contributed by atoms with Gasteiger partial charge in [0, 0.05) is 0 Å². The van der Waals surface area contributed by atoms with Gasteiger partial charge < -0.3 is 14.6 Å². The highest BCUT2D eigenvalue weighted by atomic mass is 19.1. The SMILES string of the molecule is CC(C)Oc1ccc(C(O)(c2ccc(OC(C)C)cc2)C2(F)CC2)cc1. The predicted octanol–water partition coefficient (Wildman–Crippen LogP) is 5.00. The number of benzene rings is 2. The second-order valence-corrected chi connectivity index (χ2v) is 7.56. The predicted molar refractivity (Wildman–Crippen MR) is 100 cm³/mol. The second kappa shape index (κ2) is 6.92. The molecule has 0 saturated heterocycles. The van der Waals surface area contributed by atoms with Gasteiger partial charge in [-0.2, -0.15) is 0 Å². The normalized spacial score (nSPS) is 16.0. The average molecular weight is 358 g/mol. The molecule has 0 aromatic heterocycles. The smallest absolute Gasteiger partial charge is 0.148 e. The number of hydrogen-bond donors (Lipinski definition) is 1. The standard InChI is InChI=1S/C22H27FO3/c1-15(2)25-19-9-5-17(6-10-19)22(24,21(23)13-14-21)18-7-11-20(12-8-18)26-16(3)4/h5-12,15-16,24H,13-14H2,1-4H3. The molecule has 2 aromatic rings. The molecular formula is C22H27FO3. The highest BCUT2D eigenvalue weighted by molar-refractivity contribution is 5.45. The van der Waals surface area contributed by atoms with Crippen LogP contribution in [-0.2, 0) is 5.60 Å². The van der Waals surface area contributed by atoms with E-state index in [1.165, 1.54) is 0 Å². The fraction of sp³-hybridized carbons (Fsp3) is 0.455. The molecular weight excluding hydrogens is 331 g/mol. The lowest BCUT2D eigenvalue weighted by Crippen LogP contribution is -2.39. The minimum absolute atomic E-state index is 0.0594. The van der Waals surface area contributed by atoms with Gasteiger partial charge in [-0.25, -0.2) is 4.39 Å². The molecule has 2 aromatic carbocycles. The molecule has 1 fully saturated rings. The van der Waals surface area contributed by atoms with Gasteiger partial charge in [-0.05, 0) is 75.9 Å². The summed E-state index contributed by atoms with van der Waals surface area (Å²) in [6.45, 7) is 7.80. The van der Waals surface area contributed by atoms with Crippen molar-refractivity contribution in [1.82, 2.24) is 0 Å². The van der Waals surface area contributed by atoms with Crippen molar-refractivity contribution in [2.75, 3.05) is 0 Å². The lowest BCUT2D eigenvalue weighted by atomic mass is 9.80. The van der Waals surface area contributed by atoms with Crippen LogP contribution in [0.4, 0.5) is 4.39 Å². The molecule has 1 aliphatic rings. The Balaban J connectivity index is 1.95. The zero-order valence-electron chi connectivity index (χ0n) is 15.8. The van der Waals surface area contributed by atoms with Crippen molar-refractivity contribution in [1.29, 1.82) is 0 Å². The third-order valence-electron chi connectivity index (χ3n) is 4.63. The summed E-state index contributed by atoms with van der Waals surface area (Å²) in [6, 6.07) is 14.1. The van der Waals surface area contributed by atoms with Crippen molar-refractivity contribution in [2.24, 2.45) is 0 Å². The van der Waals surface area contributed by atoms with E-state index in [2.05, 4.69) is 0 Å². The molecule has 3 nitrogen and oxygen atoms in total. The molecule has 1 saturated carbocycles. The highest BCUT2D eigenvalue weighted by Crippen LogP contribution is 2.56. The lowest BCUT2D eigenvalue weighted by molar-refractivity contribution is -0.0204. The van der Waals surface area contributed by atoms with Crippen LogP contribution in [0.3, 0.4) is 0 Å². The summed E-state index contributed by atoms with van der Waals surface area (Å²) in [7, 11) is 0. The first kappa shape index (κ1) is 18.7. The second-order valence-electron chi connectivity index (χ2n) is 7.56. The summed E-state index contributed by atoms with van der Waals surface area (Å²) in [6.07, 6.45) is 0.809. The number of alkyl halides is 1. The first-order valence-electron chi connectivity index (χ1n) is 9.20. The molecule has 0 aliphatic heterocycles. The van der Waals surface area contributed by atoms with E-state index in [1.807, 2.05) is 27.7 Å². The Hall–Kier alpha value is -2.07. The van der Waals surface area contributed by atoms with Crippen LogP contribution in [0.5, 0.6) is 11.5 Å². The molecule has 1 aliphatic carbocycles. The van der Waals surface area contributed by atoms with E-state index in [9.17, 15) is 5.11 Å². The van der Waals surface area contributed by atoms with Crippen LogP contribution in [0.25, 0.3) is 0 Å². The third-order valence-corrected chi connectivity index (χ3v) is 4.63. The van der Waals surface area contributed by atoms with E-state index in [-0.39, 0.29) is 12.2 Å². The van der Waals surface area contributed by atoms with E-state index in [0.29, 0.717) is 35.5 Å². The Labute approximate surface area is 154 Å². The van der Waals surface area contributed by atoms with Crippen molar-refractivity contribution < 1.29 is 19.0 Å². The monoisotopic (exact) mass is 358 g/mol. The quantitative estimate of drug-likeness (QED) is 0.757. The molecule has 0 radical (unpaired) electrons. The van der Waals surface area contributed by atoms with E-state index < -0.39 is 11.3 Å². The Morgan fingerprint density at radius 3 is 1.42 bits per heavy atom. The lowest BCUT2D eigenvalue weighted by Gasteiger charge is -2.33. The van der Waals surface area contributed by atoms with Crippen molar-refractivity contribution in [3.05, 3.63) is 59.7 Å². The molecule has 0 amide bonds.